The molecule has 0 aliphatic heterocycles. The van der Waals surface area contributed by atoms with Gasteiger partial charge in [-0.25, -0.2) is 27.8 Å². The van der Waals surface area contributed by atoms with Gasteiger partial charge in [0.1, 0.15) is 17.8 Å². The summed E-state index contributed by atoms with van der Waals surface area (Å²) in [4.78, 5) is 8.75. The fourth-order valence-electron chi connectivity index (χ4n) is 3.34. The third-order valence-corrected chi connectivity index (χ3v) is 6.56. The van der Waals surface area contributed by atoms with Gasteiger partial charge in [-0.15, -0.1) is 0 Å². The molecule has 3 N–H and O–H groups in total. The molecule has 0 amide bonds. The molecule has 2 aromatic carbocycles. The Morgan fingerprint density at radius 1 is 1.03 bits per heavy atom. The van der Waals surface area contributed by atoms with Gasteiger partial charge in [-0.05, 0) is 32.9 Å². The molecule has 4 rings (SSSR count). The van der Waals surface area contributed by atoms with Crippen LogP contribution >= 0.6 is 0 Å². The molecule has 0 fully saturated rings. The van der Waals surface area contributed by atoms with E-state index in [9.17, 15) is 8.42 Å². The zero-order valence-corrected chi connectivity index (χ0v) is 18.4. The van der Waals surface area contributed by atoms with Gasteiger partial charge in [-0.3, -0.25) is 0 Å². The molecule has 0 aliphatic rings. The highest BCUT2D eigenvalue weighted by Crippen LogP contribution is 2.33. The first-order chi connectivity index (χ1) is 14.7. The van der Waals surface area contributed by atoms with Crippen LogP contribution in [0.15, 0.2) is 65.8 Å². The number of hydrogen-bond donors (Lipinski definition) is 2. The summed E-state index contributed by atoms with van der Waals surface area (Å²) in [5.74, 6) is 0.326. The Hall–Kier alpha value is -3.30. The average molecular weight is 437 g/mol. The smallest absolute Gasteiger partial charge is 0.240 e. The van der Waals surface area contributed by atoms with E-state index < -0.39 is 15.6 Å². The Morgan fingerprint density at radius 2 is 1.71 bits per heavy atom. The zero-order valence-electron chi connectivity index (χ0n) is 17.6. The van der Waals surface area contributed by atoms with Gasteiger partial charge in [0.05, 0.1) is 15.8 Å². The summed E-state index contributed by atoms with van der Waals surface area (Å²) in [6.07, 6.45) is 1.39. The van der Waals surface area contributed by atoms with Crippen molar-refractivity contribution in [2.75, 3.05) is 12.3 Å². The number of nitrogens with one attached hydrogen (secondary N) is 1. The molecule has 4 aromatic rings. The molecule has 0 unspecified atom stereocenters. The molecule has 0 saturated heterocycles. The van der Waals surface area contributed by atoms with E-state index in [-0.39, 0.29) is 11.4 Å². The minimum absolute atomic E-state index is 0.109. The van der Waals surface area contributed by atoms with Crippen LogP contribution in [0.5, 0.6) is 0 Å². The largest absolute Gasteiger partial charge is 0.383 e. The van der Waals surface area contributed by atoms with Gasteiger partial charge in [0.2, 0.25) is 10.0 Å². The molecule has 0 saturated carbocycles. The van der Waals surface area contributed by atoms with Crippen molar-refractivity contribution in [1.29, 1.82) is 0 Å². The van der Waals surface area contributed by atoms with Crippen LogP contribution in [0, 0.1) is 6.92 Å². The van der Waals surface area contributed by atoms with E-state index in [1.807, 2.05) is 45.0 Å². The summed E-state index contributed by atoms with van der Waals surface area (Å²) in [6, 6.07) is 16.2. The first kappa shape index (κ1) is 21.0. The molecule has 0 radical (unpaired) electrons. The minimum atomic E-state index is -3.66. The summed E-state index contributed by atoms with van der Waals surface area (Å²) >= 11 is 0. The summed E-state index contributed by atoms with van der Waals surface area (Å²) in [5, 5.41) is 5.44. The van der Waals surface area contributed by atoms with Crippen molar-refractivity contribution in [3.63, 3.8) is 0 Å². The van der Waals surface area contributed by atoms with E-state index in [0.29, 0.717) is 22.5 Å². The highest BCUT2D eigenvalue weighted by Gasteiger charge is 2.29. The zero-order chi connectivity index (χ0) is 22.2. The molecule has 0 atom stereocenters. The summed E-state index contributed by atoms with van der Waals surface area (Å²) in [6.45, 7) is 5.91. The highest BCUT2D eigenvalue weighted by atomic mass is 32.2. The lowest BCUT2D eigenvalue weighted by Gasteiger charge is -2.26. The van der Waals surface area contributed by atoms with Crippen LogP contribution in [-0.2, 0) is 15.6 Å². The van der Waals surface area contributed by atoms with Crippen molar-refractivity contribution in [2.24, 2.45) is 0 Å². The molecule has 0 bridgehead atoms. The number of aryl methyl sites for hydroxylation is 1. The van der Waals surface area contributed by atoms with E-state index >= 15 is 0 Å². The Bertz CT molecular complexity index is 1330. The topological polar surface area (TPSA) is 116 Å². The van der Waals surface area contributed by atoms with Gasteiger partial charge in [-0.1, -0.05) is 48.0 Å². The number of hydrogen-bond acceptors (Lipinski definition) is 6. The van der Waals surface area contributed by atoms with Crippen molar-refractivity contribution in [2.45, 2.75) is 31.2 Å². The molecule has 160 valence electrons. The van der Waals surface area contributed by atoms with Gasteiger partial charge in [0.15, 0.2) is 5.65 Å². The Morgan fingerprint density at radius 3 is 2.39 bits per heavy atom. The van der Waals surface area contributed by atoms with Crippen molar-refractivity contribution >= 4 is 26.9 Å². The van der Waals surface area contributed by atoms with E-state index in [1.54, 1.807) is 35.0 Å². The molecular weight excluding hydrogens is 412 g/mol. The van der Waals surface area contributed by atoms with Crippen LogP contribution in [0.2, 0.25) is 0 Å². The second-order valence-corrected chi connectivity index (χ2v) is 9.80. The van der Waals surface area contributed by atoms with E-state index in [1.165, 1.54) is 6.33 Å². The summed E-state index contributed by atoms with van der Waals surface area (Å²) in [5.41, 5.74) is 8.68. The van der Waals surface area contributed by atoms with Crippen LogP contribution in [0.4, 0.5) is 5.82 Å². The first-order valence-electron chi connectivity index (χ1n) is 9.80. The second-order valence-electron chi connectivity index (χ2n) is 8.03. The van der Waals surface area contributed by atoms with Crippen LogP contribution in [0.25, 0.3) is 22.3 Å². The van der Waals surface area contributed by atoms with E-state index in [0.717, 1.165) is 11.1 Å². The Labute approximate surface area is 181 Å². The maximum absolute atomic E-state index is 12.7. The fourth-order valence-corrected chi connectivity index (χ4v) is 4.56. The molecule has 9 heteroatoms. The van der Waals surface area contributed by atoms with Crippen molar-refractivity contribution in [3.8, 4) is 11.3 Å². The lowest BCUT2D eigenvalue weighted by atomic mass is 10.1. The number of nitrogen functional groups attached to an aromatic ring is 1. The Balaban J connectivity index is 1.75. The van der Waals surface area contributed by atoms with Gasteiger partial charge < -0.3 is 5.73 Å². The van der Waals surface area contributed by atoms with E-state index in [4.69, 9.17) is 10.8 Å². The van der Waals surface area contributed by atoms with Crippen molar-refractivity contribution in [3.05, 3.63) is 66.5 Å². The summed E-state index contributed by atoms with van der Waals surface area (Å²) < 4.78 is 29.8. The number of sulfonamides is 1. The number of fused-ring (bicyclic) bond motifs is 1. The molecule has 0 aliphatic carbocycles. The molecule has 31 heavy (non-hydrogen) atoms. The second kappa shape index (κ2) is 7.75. The van der Waals surface area contributed by atoms with Crippen LogP contribution in [0.3, 0.4) is 0 Å². The lowest BCUT2D eigenvalue weighted by Crippen LogP contribution is -2.41. The van der Waals surface area contributed by atoms with Gasteiger partial charge in [-0.2, -0.15) is 5.10 Å². The third kappa shape index (κ3) is 4.01. The number of nitrogens with two attached hydrogens (primary N) is 1. The maximum atomic E-state index is 12.7. The Kier molecular flexibility index (Phi) is 5.24. The highest BCUT2D eigenvalue weighted by molar-refractivity contribution is 7.89. The minimum Gasteiger partial charge on any atom is -0.383 e. The molecule has 8 nitrogen and oxygen atoms in total. The van der Waals surface area contributed by atoms with Crippen LogP contribution in [-0.4, -0.2) is 34.7 Å². The number of nitrogens with zero attached hydrogens (tertiary/aromatic N) is 4. The SMILES string of the molecule is Cc1ccc(-c2nn(C(C)(C)CNS(=O)(=O)c3ccccc3)c3ncnc(N)c23)cc1. The predicted octanol–water partition coefficient (Wildman–Crippen LogP) is 3.10. The van der Waals surface area contributed by atoms with Gasteiger partial charge in [0, 0.05) is 12.1 Å². The van der Waals surface area contributed by atoms with Crippen LogP contribution in [0.1, 0.15) is 19.4 Å². The van der Waals surface area contributed by atoms with Crippen LogP contribution < -0.4 is 10.5 Å². The quantitative estimate of drug-likeness (QED) is 0.480. The summed E-state index contributed by atoms with van der Waals surface area (Å²) in [7, 11) is -3.66. The van der Waals surface area contributed by atoms with E-state index in [2.05, 4.69) is 14.7 Å². The molecule has 2 heterocycles. The van der Waals surface area contributed by atoms with Crippen molar-refractivity contribution in [1.82, 2.24) is 24.5 Å². The maximum Gasteiger partial charge on any atom is 0.240 e. The molecule has 2 aromatic heterocycles. The standard InChI is InChI=1S/C22H24N6O2S/c1-15-9-11-16(12-10-15)19-18-20(23)24-14-25-21(18)28(27-19)22(2,3)13-26-31(29,30)17-7-5-4-6-8-17/h4-12,14,26H,13H2,1-3H3,(H2,23,24,25). The molecule has 0 spiro atoms. The fraction of sp³-hybridized carbons (Fsp3) is 0.227. The molecular formula is C22H24N6O2S. The third-order valence-electron chi connectivity index (χ3n) is 5.14. The number of rotatable bonds is 6. The monoisotopic (exact) mass is 436 g/mol. The first-order valence-corrected chi connectivity index (χ1v) is 11.3. The van der Waals surface area contributed by atoms with Gasteiger partial charge in [0.25, 0.3) is 0 Å². The average Bonchev–Trinajstić information content (AvgIpc) is 3.16. The number of aromatic nitrogens is 4. The normalized spacial score (nSPS) is 12.4. The number of anilines is 1. The van der Waals surface area contributed by atoms with Crippen molar-refractivity contribution < 1.29 is 8.42 Å². The predicted molar refractivity (Wildman–Crippen MR) is 121 cm³/mol. The van der Waals surface area contributed by atoms with Gasteiger partial charge >= 0.3 is 0 Å². The lowest BCUT2D eigenvalue weighted by molar-refractivity contribution is 0.328. The number of benzene rings is 2.